The number of hydrogen-bond acceptors (Lipinski definition) is 6. The maximum Gasteiger partial charge on any atom is 0.303 e. The molecule has 0 saturated carbocycles. The smallest absolute Gasteiger partial charge is 0.303 e. The van der Waals surface area contributed by atoms with E-state index in [4.69, 9.17) is 16.3 Å². The van der Waals surface area contributed by atoms with E-state index in [0.29, 0.717) is 35.7 Å². The Hall–Kier alpha value is -3.18. The number of aliphatic hydroxyl groups excluding tert-OH is 1. The molecule has 3 heterocycles. The first-order valence-electron chi connectivity index (χ1n) is 12.0. The molecule has 36 heavy (non-hydrogen) atoms. The van der Waals surface area contributed by atoms with Gasteiger partial charge in [0.1, 0.15) is 11.4 Å². The van der Waals surface area contributed by atoms with E-state index in [1.165, 1.54) is 0 Å². The minimum absolute atomic E-state index is 0.0752. The molecular formula is C28H30ClN3O4. The predicted octanol–water partition coefficient (Wildman–Crippen LogP) is 4.71. The van der Waals surface area contributed by atoms with E-state index in [1.807, 2.05) is 36.4 Å². The lowest BCUT2D eigenvalue weighted by atomic mass is 9.71. The lowest BCUT2D eigenvalue weighted by Gasteiger charge is -2.41. The molecule has 0 spiro atoms. The summed E-state index contributed by atoms with van der Waals surface area (Å²) >= 11 is 6.46. The number of halogens is 1. The zero-order chi connectivity index (χ0) is 25.5. The molecule has 0 radical (unpaired) electrons. The fraction of sp³-hybridized carbons (Fsp3) is 0.393. The number of fused-ring (bicyclic) bond motifs is 1. The van der Waals surface area contributed by atoms with Crippen molar-refractivity contribution < 1.29 is 19.7 Å². The molecule has 0 aliphatic carbocycles. The fourth-order valence-electron chi connectivity index (χ4n) is 4.92. The number of pyridine rings is 2. The third-order valence-corrected chi connectivity index (χ3v) is 7.28. The zero-order valence-corrected chi connectivity index (χ0v) is 21.0. The highest BCUT2D eigenvalue weighted by molar-refractivity contribution is 6.32. The Morgan fingerprint density at radius 2 is 2.06 bits per heavy atom. The van der Waals surface area contributed by atoms with E-state index in [1.54, 1.807) is 19.5 Å². The van der Waals surface area contributed by atoms with Crippen LogP contribution in [0.1, 0.15) is 49.5 Å². The van der Waals surface area contributed by atoms with E-state index in [2.05, 4.69) is 26.7 Å². The van der Waals surface area contributed by atoms with Crippen LogP contribution in [0.15, 0.2) is 48.8 Å². The third kappa shape index (κ3) is 6.33. The molecule has 7 nitrogen and oxygen atoms in total. The molecule has 188 valence electrons. The van der Waals surface area contributed by atoms with Gasteiger partial charge >= 0.3 is 5.97 Å². The molecule has 4 rings (SSSR count). The van der Waals surface area contributed by atoms with Crippen molar-refractivity contribution in [2.45, 2.75) is 38.2 Å². The second-order valence-corrected chi connectivity index (χ2v) is 9.73. The molecule has 1 aliphatic rings. The maximum absolute atomic E-state index is 11.7. The summed E-state index contributed by atoms with van der Waals surface area (Å²) in [6.45, 7) is 2.13. The minimum Gasteiger partial charge on any atom is -0.497 e. The number of ether oxygens (including phenoxy) is 1. The number of carbonyl (C=O) groups is 1. The average Bonchev–Trinajstić information content (AvgIpc) is 2.88. The average molecular weight is 508 g/mol. The van der Waals surface area contributed by atoms with E-state index in [-0.39, 0.29) is 11.8 Å². The van der Waals surface area contributed by atoms with Gasteiger partial charge in [0.25, 0.3) is 0 Å². The van der Waals surface area contributed by atoms with Crippen molar-refractivity contribution >= 4 is 28.5 Å². The highest BCUT2D eigenvalue weighted by Gasteiger charge is 2.37. The first-order chi connectivity index (χ1) is 17.4. The Kier molecular flexibility index (Phi) is 8.42. The van der Waals surface area contributed by atoms with E-state index in [0.717, 1.165) is 42.5 Å². The van der Waals surface area contributed by atoms with Crippen molar-refractivity contribution in [1.82, 2.24) is 14.9 Å². The number of piperidine rings is 1. The number of hydrogen-bond donors (Lipinski definition) is 2. The number of aromatic nitrogens is 2. The molecule has 3 aromatic rings. The van der Waals surface area contributed by atoms with Crippen LogP contribution >= 0.6 is 11.6 Å². The Morgan fingerprint density at radius 1 is 1.25 bits per heavy atom. The SMILES string of the molecule is COc1ccc2ncc(Cl)c(C(O)CCC3(CC(=O)O)CCN(CC#Cc4ccccn4)CC3)c2c1. The van der Waals surface area contributed by atoms with Gasteiger partial charge in [0, 0.05) is 23.3 Å². The summed E-state index contributed by atoms with van der Waals surface area (Å²) in [6.07, 6.45) is 4.95. The van der Waals surface area contributed by atoms with E-state index in [9.17, 15) is 15.0 Å². The quantitative estimate of drug-likeness (QED) is 0.426. The van der Waals surface area contributed by atoms with Gasteiger partial charge < -0.3 is 14.9 Å². The summed E-state index contributed by atoms with van der Waals surface area (Å²) in [5.41, 5.74) is 1.68. The number of aliphatic hydroxyl groups is 1. The normalized spacial score (nSPS) is 16.2. The van der Waals surface area contributed by atoms with Crippen LogP contribution in [-0.4, -0.2) is 57.8 Å². The first kappa shape index (κ1) is 25.9. The summed E-state index contributed by atoms with van der Waals surface area (Å²) in [4.78, 5) is 22.6. The summed E-state index contributed by atoms with van der Waals surface area (Å²) in [7, 11) is 1.58. The molecule has 1 saturated heterocycles. The van der Waals surface area contributed by atoms with Crippen molar-refractivity contribution in [1.29, 1.82) is 0 Å². The Balaban J connectivity index is 1.43. The second-order valence-electron chi connectivity index (χ2n) is 9.32. The van der Waals surface area contributed by atoms with Gasteiger partial charge in [-0.3, -0.25) is 14.7 Å². The number of likely N-dealkylation sites (tertiary alicyclic amines) is 1. The van der Waals surface area contributed by atoms with Crippen molar-refractivity contribution in [2.75, 3.05) is 26.7 Å². The number of carboxylic acid groups (broad SMARTS) is 1. The van der Waals surface area contributed by atoms with Crippen LogP contribution in [0.5, 0.6) is 5.75 Å². The van der Waals surface area contributed by atoms with Gasteiger partial charge in [0.05, 0.1) is 36.7 Å². The van der Waals surface area contributed by atoms with Crippen LogP contribution in [0.25, 0.3) is 10.9 Å². The minimum atomic E-state index is -0.844. The van der Waals surface area contributed by atoms with Crippen molar-refractivity contribution in [3.8, 4) is 17.6 Å². The molecule has 2 aromatic heterocycles. The highest BCUT2D eigenvalue weighted by atomic mass is 35.5. The van der Waals surface area contributed by atoms with Crippen LogP contribution in [-0.2, 0) is 4.79 Å². The number of aliphatic carboxylic acids is 1. The van der Waals surface area contributed by atoms with Gasteiger partial charge in [-0.05, 0) is 80.4 Å². The van der Waals surface area contributed by atoms with Gasteiger partial charge in [0.2, 0.25) is 0 Å². The van der Waals surface area contributed by atoms with Gasteiger partial charge in [-0.1, -0.05) is 23.6 Å². The van der Waals surface area contributed by atoms with Crippen LogP contribution < -0.4 is 4.74 Å². The van der Waals surface area contributed by atoms with Crippen LogP contribution in [0.4, 0.5) is 0 Å². The molecule has 2 N–H and O–H groups in total. The topological polar surface area (TPSA) is 95.8 Å². The molecule has 1 fully saturated rings. The Bertz CT molecular complexity index is 1260. The van der Waals surface area contributed by atoms with E-state index < -0.39 is 12.1 Å². The largest absolute Gasteiger partial charge is 0.497 e. The lowest BCUT2D eigenvalue weighted by molar-refractivity contribution is -0.141. The number of carboxylic acids is 1. The monoisotopic (exact) mass is 507 g/mol. The predicted molar refractivity (Wildman–Crippen MR) is 139 cm³/mol. The first-order valence-corrected chi connectivity index (χ1v) is 12.4. The molecule has 1 aliphatic heterocycles. The standard InChI is InChI=1S/C28H30ClN3O4/c1-36-21-7-8-24-22(17-21)27(23(29)19-31-24)25(33)9-10-28(18-26(34)35)11-15-32(16-12-28)14-4-6-20-5-2-3-13-30-20/h2-3,5,7-8,13,17,19,25,33H,9-12,14-16,18H2,1H3,(H,34,35). The maximum atomic E-state index is 11.7. The van der Waals surface area contributed by atoms with Crippen molar-refractivity contribution in [2.24, 2.45) is 5.41 Å². The summed E-state index contributed by atoms with van der Waals surface area (Å²) in [5, 5.41) is 21.9. The summed E-state index contributed by atoms with van der Waals surface area (Å²) < 4.78 is 5.34. The van der Waals surface area contributed by atoms with E-state index >= 15 is 0 Å². The van der Waals surface area contributed by atoms with Crippen LogP contribution in [0, 0.1) is 17.3 Å². The van der Waals surface area contributed by atoms with Gasteiger partial charge in [0.15, 0.2) is 0 Å². The van der Waals surface area contributed by atoms with Crippen LogP contribution in [0.2, 0.25) is 5.02 Å². The second kappa shape index (κ2) is 11.7. The number of rotatable bonds is 8. The molecular weight excluding hydrogens is 478 g/mol. The zero-order valence-electron chi connectivity index (χ0n) is 20.3. The summed E-state index contributed by atoms with van der Waals surface area (Å²) in [5.74, 6) is 6.08. The molecule has 1 unspecified atom stereocenters. The van der Waals surface area contributed by atoms with Crippen molar-refractivity contribution in [3.05, 3.63) is 65.1 Å². The number of benzene rings is 1. The van der Waals surface area contributed by atoms with Crippen molar-refractivity contribution in [3.63, 3.8) is 0 Å². The molecule has 0 bridgehead atoms. The fourth-order valence-corrected chi connectivity index (χ4v) is 5.20. The summed E-state index contributed by atoms with van der Waals surface area (Å²) in [6, 6.07) is 11.1. The van der Waals surface area contributed by atoms with Gasteiger partial charge in [-0.25, -0.2) is 4.98 Å². The Morgan fingerprint density at radius 3 is 2.75 bits per heavy atom. The van der Waals surface area contributed by atoms with Gasteiger partial charge in [-0.2, -0.15) is 0 Å². The molecule has 1 atom stereocenters. The lowest BCUT2D eigenvalue weighted by Crippen LogP contribution is -2.41. The number of methoxy groups -OCH3 is 1. The molecule has 8 heteroatoms. The van der Waals surface area contributed by atoms with Crippen LogP contribution in [0.3, 0.4) is 0 Å². The molecule has 0 amide bonds. The Labute approximate surface area is 216 Å². The number of nitrogens with zero attached hydrogens (tertiary/aromatic N) is 3. The molecule has 1 aromatic carbocycles. The highest BCUT2D eigenvalue weighted by Crippen LogP contribution is 2.43. The van der Waals surface area contributed by atoms with Gasteiger partial charge in [-0.15, -0.1) is 0 Å². The third-order valence-electron chi connectivity index (χ3n) is 6.98.